The molecule has 1 rings (SSSR count). The van der Waals surface area contributed by atoms with Crippen molar-refractivity contribution in [3.05, 3.63) is 35.8 Å². The van der Waals surface area contributed by atoms with Crippen molar-refractivity contribution in [2.75, 3.05) is 59.3 Å². The first-order valence-corrected chi connectivity index (χ1v) is 11.9. The van der Waals surface area contributed by atoms with Gasteiger partial charge in [-0.25, -0.2) is 24.0 Å². The van der Waals surface area contributed by atoms with Gasteiger partial charge >= 0.3 is 30.1 Å². The van der Waals surface area contributed by atoms with Gasteiger partial charge in [0.05, 0.1) is 26.4 Å². The van der Waals surface area contributed by atoms with Gasteiger partial charge in [0.15, 0.2) is 11.9 Å². The molecule has 0 fully saturated rings. The van der Waals surface area contributed by atoms with E-state index in [9.17, 15) is 34.2 Å². The summed E-state index contributed by atoms with van der Waals surface area (Å²) >= 11 is 0. The number of hydrogen-bond donors (Lipinski definition) is 4. The van der Waals surface area contributed by atoms with E-state index in [1.165, 1.54) is 13.8 Å². The summed E-state index contributed by atoms with van der Waals surface area (Å²) in [5.41, 5.74) is 0.493. The van der Waals surface area contributed by atoms with E-state index in [1.54, 1.807) is 0 Å². The molecular formula is C24H34N2O14. The molecule has 0 spiro atoms. The van der Waals surface area contributed by atoms with Crippen LogP contribution >= 0.6 is 0 Å². The predicted molar refractivity (Wildman–Crippen MR) is 133 cm³/mol. The zero-order valence-electron chi connectivity index (χ0n) is 22.2. The number of cyclic esters (lactones) is 1. The molecule has 0 radical (unpaired) electrons. The topological polar surface area (TPSA) is 214 Å². The Balaban J connectivity index is 2.41. The van der Waals surface area contributed by atoms with Gasteiger partial charge in [-0.1, -0.05) is 13.2 Å². The molecule has 1 heterocycles. The van der Waals surface area contributed by atoms with E-state index in [-0.39, 0.29) is 63.9 Å². The third kappa shape index (κ3) is 13.0. The molecule has 0 aliphatic carbocycles. The Labute approximate surface area is 229 Å². The molecule has 16 heteroatoms. The molecule has 0 aromatic heterocycles. The number of carbonyl (C=O) groups excluding carboxylic acids is 5. The van der Waals surface area contributed by atoms with Crippen molar-refractivity contribution in [3.63, 3.8) is 0 Å². The van der Waals surface area contributed by atoms with Crippen LogP contribution in [0.15, 0.2) is 35.8 Å². The SMILES string of the molecule is C=C(C)C(=O)OCCOCCNC(=O)OCC(OC(=O)NCCOCCOC(=O)C(=C)C)C1OC(=O)C(O)=C1O. The van der Waals surface area contributed by atoms with Gasteiger partial charge in [-0.3, -0.25) is 0 Å². The van der Waals surface area contributed by atoms with Gasteiger partial charge < -0.3 is 54.0 Å². The number of hydrogen-bond acceptors (Lipinski definition) is 14. The molecule has 1 aliphatic rings. The maximum absolute atomic E-state index is 12.2. The Morgan fingerprint density at radius 3 is 1.77 bits per heavy atom. The Bertz CT molecular complexity index is 977. The number of aliphatic hydroxyl groups excluding tert-OH is 2. The van der Waals surface area contributed by atoms with Crippen LogP contribution in [0.1, 0.15) is 13.8 Å². The van der Waals surface area contributed by atoms with Gasteiger partial charge in [-0.2, -0.15) is 0 Å². The molecule has 16 nitrogen and oxygen atoms in total. The Morgan fingerprint density at radius 2 is 1.32 bits per heavy atom. The van der Waals surface area contributed by atoms with Crippen molar-refractivity contribution >= 4 is 30.1 Å². The number of nitrogens with one attached hydrogen (secondary N) is 2. The fourth-order valence-electron chi connectivity index (χ4n) is 2.58. The highest BCUT2D eigenvalue weighted by molar-refractivity contribution is 5.89. The van der Waals surface area contributed by atoms with Gasteiger partial charge in [0, 0.05) is 24.2 Å². The first kappa shape index (κ1) is 33.7. The summed E-state index contributed by atoms with van der Waals surface area (Å²) in [5.74, 6) is -4.34. The Morgan fingerprint density at radius 1 is 0.825 bits per heavy atom. The number of amides is 2. The molecule has 0 saturated heterocycles. The Kier molecular flexibility index (Phi) is 15.2. The van der Waals surface area contributed by atoms with Gasteiger partial charge in [-0.15, -0.1) is 0 Å². The van der Waals surface area contributed by atoms with E-state index >= 15 is 0 Å². The van der Waals surface area contributed by atoms with Gasteiger partial charge in [0.25, 0.3) is 0 Å². The van der Waals surface area contributed by atoms with Crippen LogP contribution in [0.3, 0.4) is 0 Å². The van der Waals surface area contributed by atoms with Crippen molar-refractivity contribution in [2.45, 2.75) is 26.1 Å². The average Bonchev–Trinajstić information content (AvgIpc) is 3.16. The summed E-state index contributed by atoms with van der Waals surface area (Å²) < 4.78 is 34.9. The van der Waals surface area contributed by atoms with Crippen LogP contribution in [0.5, 0.6) is 0 Å². The molecule has 224 valence electrons. The molecule has 2 atom stereocenters. The highest BCUT2D eigenvalue weighted by atomic mass is 16.6. The maximum atomic E-state index is 12.2. The number of carbonyl (C=O) groups is 5. The number of esters is 3. The molecule has 1 aliphatic heterocycles. The van der Waals surface area contributed by atoms with Crippen LogP contribution in [-0.4, -0.2) is 112 Å². The minimum Gasteiger partial charge on any atom is -0.505 e. The lowest BCUT2D eigenvalue weighted by atomic mass is 10.2. The van der Waals surface area contributed by atoms with E-state index in [4.69, 9.17) is 33.2 Å². The van der Waals surface area contributed by atoms with E-state index in [0.717, 1.165) is 0 Å². The smallest absolute Gasteiger partial charge is 0.407 e. The molecule has 40 heavy (non-hydrogen) atoms. The second kappa shape index (κ2) is 18.1. The minimum absolute atomic E-state index is 0.00180. The summed E-state index contributed by atoms with van der Waals surface area (Å²) in [6.45, 7) is 9.38. The van der Waals surface area contributed by atoms with Gasteiger partial charge in [-0.05, 0) is 13.8 Å². The average molecular weight is 575 g/mol. The number of aliphatic hydroxyl groups is 2. The van der Waals surface area contributed by atoms with Crippen LogP contribution < -0.4 is 10.6 Å². The Hall–Kier alpha value is -4.31. The molecule has 0 bridgehead atoms. The maximum Gasteiger partial charge on any atom is 0.407 e. The van der Waals surface area contributed by atoms with Crippen LogP contribution in [0.2, 0.25) is 0 Å². The molecule has 2 amide bonds. The predicted octanol–water partition coefficient (Wildman–Crippen LogP) is 0.332. The van der Waals surface area contributed by atoms with E-state index in [2.05, 4.69) is 23.8 Å². The zero-order chi connectivity index (χ0) is 30.1. The lowest BCUT2D eigenvalue weighted by Gasteiger charge is -2.22. The summed E-state index contributed by atoms with van der Waals surface area (Å²) in [6.07, 6.45) is -5.15. The minimum atomic E-state index is -1.63. The van der Waals surface area contributed by atoms with Gasteiger partial charge in [0.1, 0.15) is 19.8 Å². The molecular weight excluding hydrogens is 540 g/mol. The molecule has 0 aromatic rings. The van der Waals surface area contributed by atoms with Crippen molar-refractivity contribution in [1.82, 2.24) is 10.6 Å². The van der Waals surface area contributed by atoms with Gasteiger partial charge in [0.2, 0.25) is 11.9 Å². The number of rotatable bonds is 18. The van der Waals surface area contributed by atoms with Crippen LogP contribution in [0.25, 0.3) is 0 Å². The first-order chi connectivity index (χ1) is 18.9. The van der Waals surface area contributed by atoms with Crippen molar-refractivity contribution in [1.29, 1.82) is 0 Å². The number of ether oxygens (including phenoxy) is 7. The van der Waals surface area contributed by atoms with Crippen molar-refractivity contribution < 1.29 is 67.3 Å². The summed E-state index contributed by atoms with van der Waals surface area (Å²) in [4.78, 5) is 58.2. The third-order valence-electron chi connectivity index (χ3n) is 4.56. The summed E-state index contributed by atoms with van der Waals surface area (Å²) in [6, 6.07) is 0. The van der Waals surface area contributed by atoms with Crippen LogP contribution in [-0.2, 0) is 47.5 Å². The van der Waals surface area contributed by atoms with Crippen LogP contribution in [0.4, 0.5) is 9.59 Å². The quantitative estimate of drug-likeness (QED) is 0.0751. The fourth-order valence-corrected chi connectivity index (χ4v) is 2.58. The largest absolute Gasteiger partial charge is 0.505 e. The lowest BCUT2D eigenvalue weighted by Crippen LogP contribution is -2.42. The highest BCUT2D eigenvalue weighted by Crippen LogP contribution is 2.23. The van der Waals surface area contributed by atoms with E-state index < -0.39 is 60.4 Å². The normalized spacial score (nSPS) is 14.9. The first-order valence-electron chi connectivity index (χ1n) is 11.9. The number of alkyl carbamates (subject to hydrolysis) is 2. The molecule has 2 unspecified atom stereocenters. The van der Waals surface area contributed by atoms with E-state index in [1.807, 2.05) is 0 Å². The standard InChI is InChI=1S/C24H34N2O14/c1-14(2)20(29)36-11-9-34-7-5-25-23(32)38-13-16(19-17(27)18(28)22(31)40-19)39-24(33)26-6-8-35-10-12-37-21(30)15(3)4/h16,19,27-28H,1,3,5-13H2,2,4H3,(H,25,32)(H,26,33). The van der Waals surface area contributed by atoms with E-state index in [0.29, 0.717) is 0 Å². The second-order valence-electron chi connectivity index (χ2n) is 8.01. The summed E-state index contributed by atoms with van der Waals surface area (Å²) in [7, 11) is 0. The zero-order valence-corrected chi connectivity index (χ0v) is 22.2. The van der Waals surface area contributed by atoms with Crippen molar-refractivity contribution in [2.24, 2.45) is 0 Å². The molecule has 0 aromatic carbocycles. The highest BCUT2D eigenvalue weighted by Gasteiger charge is 2.42. The monoisotopic (exact) mass is 574 g/mol. The van der Waals surface area contributed by atoms with Crippen LogP contribution in [0, 0.1) is 0 Å². The summed E-state index contributed by atoms with van der Waals surface area (Å²) in [5, 5.41) is 24.2. The third-order valence-corrected chi connectivity index (χ3v) is 4.56. The molecule has 4 N–H and O–H groups in total. The second-order valence-corrected chi connectivity index (χ2v) is 8.01. The lowest BCUT2D eigenvalue weighted by molar-refractivity contribution is -0.148. The van der Waals surface area contributed by atoms with Crippen molar-refractivity contribution in [3.8, 4) is 0 Å². The fraction of sp³-hybridized carbons (Fsp3) is 0.542. The molecule has 0 saturated carbocycles.